The largest absolute Gasteiger partial charge is 0.337 e. The van der Waals surface area contributed by atoms with E-state index in [0.29, 0.717) is 35.2 Å². The predicted octanol–water partition coefficient (Wildman–Crippen LogP) is 3.92. The summed E-state index contributed by atoms with van der Waals surface area (Å²) in [6.07, 6.45) is 4.88. The van der Waals surface area contributed by atoms with Crippen molar-refractivity contribution >= 4 is 29.1 Å². The second kappa shape index (κ2) is 8.67. The molecule has 3 heterocycles. The number of amides is 2. The second-order valence-corrected chi connectivity index (χ2v) is 7.86. The Kier molecular flexibility index (Phi) is 5.81. The van der Waals surface area contributed by atoms with Crippen molar-refractivity contribution in [3.05, 3.63) is 65.1 Å². The number of likely N-dealkylation sites (tertiary alicyclic amines) is 1. The van der Waals surface area contributed by atoms with Crippen molar-refractivity contribution in [3.63, 3.8) is 0 Å². The summed E-state index contributed by atoms with van der Waals surface area (Å²) < 4.78 is 0. The molecule has 0 radical (unpaired) electrons. The number of aryl methyl sites for hydroxylation is 1. The van der Waals surface area contributed by atoms with Crippen LogP contribution in [0.5, 0.6) is 0 Å². The summed E-state index contributed by atoms with van der Waals surface area (Å²) in [4.78, 5) is 31.5. The first-order valence-corrected chi connectivity index (χ1v) is 10.2. The molecule has 1 atom stereocenters. The molecule has 7 nitrogen and oxygen atoms in total. The maximum Gasteiger partial charge on any atom is 0.271 e. The van der Waals surface area contributed by atoms with Gasteiger partial charge in [-0.2, -0.15) is 5.10 Å². The maximum atomic E-state index is 12.9. The topological polar surface area (TPSA) is 91.0 Å². The molecule has 8 heteroatoms. The summed E-state index contributed by atoms with van der Waals surface area (Å²) in [5.41, 5.74) is 3.51. The number of nitrogens with one attached hydrogen (secondary N) is 2. The van der Waals surface area contributed by atoms with Crippen LogP contribution in [0.2, 0.25) is 5.02 Å². The first kappa shape index (κ1) is 20.1. The zero-order valence-corrected chi connectivity index (χ0v) is 17.3. The van der Waals surface area contributed by atoms with E-state index in [1.807, 2.05) is 31.2 Å². The van der Waals surface area contributed by atoms with Gasteiger partial charge in [0.15, 0.2) is 0 Å². The second-order valence-electron chi connectivity index (χ2n) is 7.45. The van der Waals surface area contributed by atoms with E-state index in [2.05, 4.69) is 20.5 Å². The lowest BCUT2D eigenvalue weighted by molar-refractivity contribution is -0.121. The molecule has 2 amide bonds. The van der Waals surface area contributed by atoms with Crippen LogP contribution in [0, 0.1) is 12.8 Å². The molecule has 1 aliphatic heterocycles. The van der Waals surface area contributed by atoms with Crippen molar-refractivity contribution in [2.45, 2.75) is 19.8 Å². The van der Waals surface area contributed by atoms with Crippen molar-refractivity contribution < 1.29 is 9.59 Å². The molecular formula is C22H22ClN5O2. The highest BCUT2D eigenvalue weighted by molar-refractivity contribution is 6.31. The predicted molar refractivity (Wildman–Crippen MR) is 115 cm³/mol. The van der Waals surface area contributed by atoms with Gasteiger partial charge >= 0.3 is 0 Å². The Labute approximate surface area is 179 Å². The molecule has 0 aliphatic carbocycles. The Bertz CT molecular complexity index is 1070. The van der Waals surface area contributed by atoms with Crippen LogP contribution in [0.1, 0.15) is 28.9 Å². The highest BCUT2D eigenvalue weighted by atomic mass is 35.5. The SMILES string of the molecule is Cc1ccc(NC(=O)C2CCCN(C(=O)c3cc(-c4cccnc4)n[nH]3)C2)cc1Cl. The zero-order valence-electron chi connectivity index (χ0n) is 16.6. The number of hydrogen-bond acceptors (Lipinski definition) is 4. The Balaban J connectivity index is 1.42. The fourth-order valence-corrected chi connectivity index (χ4v) is 3.73. The van der Waals surface area contributed by atoms with Gasteiger partial charge in [0.05, 0.1) is 11.6 Å². The first-order valence-electron chi connectivity index (χ1n) is 9.83. The minimum atomic E-state index is -0.275. The summed E-state index contributed by atoms with van der Waals surface area (Å²) in [5, 5.41) is 10.6. The van der Waals surface area contributed by atoms with Crippen LogP contribution in [0.15, 0.2) is 48.8 Å². The average Bonchev–Trinajstić information content (AvgIpc) is 3.27. The van der Waals surface area contributed by atoms with Gasteiger partial charge in [-0.3, -0.25) is 19.7 Å². The Morgan fingerprint density at radius 1 is 1.27 bits per heavy atom. The van der Waals surface area contributed by atoms with Gasteiger partial charge in [-0.25, -0.2) is 0 Å². The molecule has 1 unspecified atom stereocenters. The molecule has 3 aromatic rings. The van der Waals surface area contributed by atoms with E-state index in [0.717, 1.165) is 24.0 Å². The number of benzene rings is 1. The number of piperidine rings is 1. The van der Waals surface area contributed by atoms with Crippen LogP contribution < -0.4 is 5.32 Å². The number of anilines is 1. The summed E-state index contributed by atoms with van der Waals surface area (Å²) in [7, 11) is 0. The van der Waals surface area contributed by atoms with Gasteiger partial charge in [0.2, 0.25) is 5.91 Å². The van der Waals surface area contributed by atoms with Crippen molar-refractivity contribution in [2.24, 2.45) is 5.92 Å². The summed E-state index contributed by atoms with van der Waals surface area (Å²) in [6, 6.07) is 10.9. The molecule has 0 bridgehead atoms. The molecule has 1 aromatic carbocycles. The Hall–Kier alpha value is -3.19. The monoisotopic (exact) mass is 423 g/mol. The standard InChI is InChI=1S/C22H22ClN5O2/c1-14-6-7-17(10-18(14)23)25-21(29)16-5-3-9-28(13-16)22(30)20-11-19(26-27-20)15-4-2-8-24-12-15/h2,4,6-8,10-12,16H,3,5,9,13H2,1H3,(H,25,29)(H,26,27). The number of pyridine rings is 1. The lowest BCUT2D eigenvalue weighted by atomic mass is 9.96. The molecular weight excluding hydrogens is 402 g/mol. The number of carbonyl (C=O) groups excluding carboxylic acids is 2. The van der Waals surface area contributed by atoms with Crippen molar-refractivity contribution in [2.75, 3.05) is 18.4 Å². The number of nitrogens with zero attached hydrogens (tertiary/aromatic N) is 3. The summed E-state index contributed by atoms with van der Waals surface area (Å²) in [6.45, 7) is 2.89. The number of rotatable bonds is 4. The Morgan fingerprint density at radius 2 is 2.13 bits per heavy atom. The van der Waals surface area contributed by atoms with Crippen molar-refractivity contribution in [3.8, 4) is 11.3 Å². The molecule has 4 rings (SSSR count). The number of hydrogen-bond donors (Lipinski definition) is 2. The highest BCUT2D eigenvalue weighted by Crippen LogP contribution is 2.24. The van der Waals surface area contributed by atoms with Crippen LogP contribution in [0.3, 0.4) is 0 Å². The van der Waals surface area contributed by atoms with Crippen LogP contribution in [-0.4, -0.2) is 45.0 Å². The number of aromatic amines is 1. The minimum absolute atomic E-state index is 0.104. The highest BCUT2D eigenvalue weighted by Gasteiger charge is 2.30. The number of halogens is 1. The third-order valence-corrected chi connectivity index (χ3v) is 5.69. The van der Waals surface area contributed by atoms with Crippen molar-refractivity contribution in [1.29, 1.82) is 0 Å². The third kappa shape index (κ3) is 4.36. The minimum Gasteiger partial charge on any atom is -0.337 e. The van der Waals surface area contributed by atoms with Gasteiger partial charge in [0.25, 0.3) is 5.91 Å². The maximum absolute atomic E-state index is 12.9. The van der Waals surface area contributed by atoms with E-state index >= 15 is 0 Å². The normalized spacial score (nSPS) is 16.3. The average molecular weight is 424 g/mol. The lowest BCUT2D eigenvalue weighted by Crippen LogP contribution is -2.43. The van der Waals surface area contributed by atoms with E-state index < -0.39 is 0 Å². The molecule has 2 aromatic heterocycles. The van der Waals surface area contributed by atoms with Gasteiger partial charge in [0.1, 0.15) is 5.69 Å². The smallest absolute Gasteiger partial charge is 0.271 e. The molecule has 1 fully saturated rings. The van der Waals surface area contributed by atoms with Gasteiger partial charge in [0, 0.05) is 41.8 Å². The molecule has 30 heavy (non-hydrogen) atoms. The van der Waals surface area contributed by atoms with Crippen LogP contribution in [0.4, 0.5) is 5.69 Å². The van der Waals surface area contributed by atoms with E-state index in [9.17, 15) is 9.59 Å². The molecule has 1 aliphatic rings. The van der Waals surface area contributed by atoms with E-state index in [1.165, 1.54) is 0 Å². The Morgan fingerprint density at radius 3 is 2.90 bits per heavy atom. The summed E-state index contributed by atoms with van der Waals surface area (Å²) in [5.74, 6) is -0.537. The number of aromatic nitrogens is 3. The first-order chi connectivity index (χ1) is 14.5. The number of carbonyl (C=O) groups is 2. The molecule has 2 N–H and O–H groups in total. The van der Waals surface area contributed by atoms with Gasteiger partial charge in [-0.05, 0) is 55.7 Å². The summed E-state index contributed by atoms with van der Waals surface area (Å²) >= 11 is 6.14. The van der Waals surface area contributed by atoms with Gasteiger partial charge in [-0.1, -0.05) is 17.7 Å². The molecule has 1 saturated heterocycles. The molecule has 0 saturated carbocycles. The van der Waals surface area contributed by atoms with E-state index in [1.54, 1.807) is 29.4 Å². The van der Waals surface area contributed by atoms with E-state index in [-0.39, 0.29) is 17.7 Å². The van der Waals surface area contributed by atoms with Crippen LogP contribution >= 0.6 is 11.6 Å². The number of H-pyrrole nitrogens is 1. The van der Waals surface area contributed by atoms with Gasteiger partial charge in [-0.15, -0.1) is 0 Å². The fraction of sp³-hybridized carbons (Fsp3) is 0.273. The lowest BCUT2D eigenvalue weighted by Gasteiger charge is -2.31. The zero-order chi connectivity index (χ0) is 21.1. The van der Waals surface area contributed by atoms with Crippen LogP contribution in [-0.2, 0) is 4.79 Å². The quantitative estimate of drug-likeness (QED) is 0.665. The third-order valence-electron chi connectivity index (χ3n) is 5.28. The van der Waals surface area contributed by atoms with Crippen LogP contribution in [0.25, 0.3) is 11.3 Å². The molecule has 154 valence electrons. The molecule has 0 spiro atoms. The van der Waals surface area contributed by atoms with Crippen molar-refractivity contribution in [1.82, 2.24) is 20.1 Å². The van der Waals surface area contributed by atoms with Gasteiger partial charge < -0.3 is 10.2 Å². The van der Waals surface area contributed by atoms with E-state index in [4.69, 9.17) is 11.6 Å². The fourth-order valence-electron chi connectivity index (χ4n) is 3.55.